The SMILES string of the molecule is CC1CCC2C3=CC=C(CC3)C3=CC=C(CC3)C(=O)Oc3ccc4ccccc4c3-c3c(ccc4ccccc34)OC(=O)C3=C=C=C(C=C3)C3=C=C=C(C=C3)C3CC[C@@H](C)C1=C32. The van der Waals surface area contributed by atoms with Gasteiger partial charge in [-0.15, -0.1) is 0 Å². The van der Waals surface area contributed by atoms with Crippen LogP contribution in [0.3, 0.4) is 0 Å². The van der Waals surface area contributed by atoms with E-state index in [9.17, 15) is 9.59 Å². The summed E-state index contributed by atoms with van der Waals surface area (Å²) >= 11 is 0. The molecule has 62 heavy (non-hydrogen) atoms. The first-order chi connectivity index (χ1) is 30.4. The Balaban J connectivity index is 1.08. The van der Waals surface area contributed by atoms with Gasteiger partial charge in [-0.3, -0.25) is 0 Å². The molecule has 8 bridgehead atoms. The van der Waals surface area contributed by atoms with Crippen molar-refractivity contribution < 1.29 is 19.1 Å². The highest BCUT2D eigenvalue weighted by Gasteiger charge is 2.40. The van der Waals surface area contributed by atoms with Crippen molar-refractivity contribution in [1.82, 2.24) is 0 Å². The Morgan fingerprint density at radius 1 is 0.484 bits per heavy atom. The smallest absolute Gasteiger partial charge is 0.352 e. The third kappa shape index (κ3) is 6.67. The lowest BCUT2D eigenvalue weighted by molar-refractivity contribution is -0.131. The van der Waals surface area contributed by atoms with Crippen molar-refractivity contribution in [2.24, 2.45) is 23.7 Å². The number of allylic oxidation sites excluding steroid dienone is 15. The van der Waals surface area contributed by atoms with Crippen LogP contribution in [0.1, 0.15) is 65.2 Å². The number of benzene rings is 4. The van der Waals surface area contributed by atoms with E-state index < -0.39 is 5.97 Å². The highest BCUT2D eigenvalue weighted by atomic mass is 16.5. The van der Waals surface area contributed by atoms with Gasteiger partial charge in [-0.2, -0.15) is 0 Å². The fraction of sp³-hybridized carbons (Fsp3) is 0.241. The number of fused-ring (bicyclic) bond motifs is 3. The summed E-state index contributed by atoms with van der Waals surface area (Å²) in [5, 5.41) is 3.66. The van der Waals surface area contributed by atoms with Gasteiger partial charge in [-0.1, -0.05) is 138 Å². The van der Waals surface area contributed by atoms with Crippen molar-refractivity contribution in [3.8, 4) is 22.6 Å². The summed E-state index contributed by atoms with van der Waals surface area (Å²) in [7, 11) is 0. The minimum absolute atomic E-state index is 0.249. The van der Waals surface area contributed by atoms with Crippen LogP contribution in [-0.2, 0) is 9.59 Å². The molecule has 6 heterocycles. The number of rotatable bonds is 0. The fourth-order valence-electron chi connectivity index (χ4n) is 11.1. The van der Waals surface area contributed by atoms with Crippen molar-refractivity contribution >= 4 is 33.5 Å². The third-order valence-corrected chi connectivity index (χ3v) is 14.2. The number of carbonyl (C=O) groups excluding carboxylic acids is 2. The summed E-state index contributed by atoms with van der Waals surface area (Å²) in [5.74, 6) is 1.72. The maximum absolute atomic E-state index is 14.2. The molecule has 0 saturated carbocycles. The van der Waals surface area contributed by atoms with Gasteiger partial charge in [0.15, 0.2) is 0 Å². The molecule has 4 heteroatoms. The Hall–Kier alpha value is -6.88. The zero-order chi connectivity index (χ0) is 41.9. The van der Waals surface area contributed by atoms with Crippen LogP contribution in [0.2, 0.25) is 0 Å². The first-order valence-electron chi connectivity index (χ1n) is 22.3. The van der Waals surface area contributed by atoms with Crippen molar-refractivity contribution in [3.05, 3.63) is 200 Å². The van der Waals surface area contributed by atoms with Crippen molar-refractivity contribution in [2.75, 3.05) is 0 Å². The van der Waals surface area contributed by atoms with Crippen molar-refractivity contribution in [1.29, 1.82) is 0 Å². The highest BCUT2D eigenvalue weighted by molar-refractivity contribution is 6.11. The standard InChI is InChI=1S/C58H46O4/c1-35-11-31-49-43-21-13-37(14-22-43)39-17-25-45(26-18-39)57(59)61-51-33-29-41-7-3-5-9-47(41)55(51)56-48-10-6-4-8-42(48)30-34-52(56)62-58(60)46-27-19-40(20-28-46)38-15-23-44(24-16-38)50-32-12-36(2)53(35)54(49)50/h3-10,13,15,17,19,21,23,25,27,29-30,33-36,49-50H,11-12,14,18,22,26,31-32H2,1-2H3/t35?,36-,49?,50?/m1/s1. The van der Waals surface area contributed by atoms with Gasteiger partial charge in [-0.25, -0.2) is 9.59 Å². The van der Waals surface area contributed by atoms with E-state index in [1.807, 2.05) is 84.9 Å². The first kappa shape index (κ1) is 38.1. The molecular weight excluding hydrogens is 761 g/mol. The van der Waals surface area contributed by atoms with Crippen LogP contribution < -0.4 is 9.47 Å². The minimum Gasteiger partial charge on any atom is -0.422 e. The van der Waals surface area contributed by atoms with Gasteiger partial charge >= 0.3 is 11.9 Å². The van der Waals surface area contributed by atoms with Gasteiger partial charge in [0.2, 0.25) is 0 Å². The van der Waals surface area contributed by atoms with E-state index in [1.54, 1.807) is 22.8 Å². The lowest BCUT2D eigenvalue weighted by atomic mass is 9.60. The first-order valence-corrected chi connectivity index (χ1v) is 22.3. The summed E-state index contributed by atoms with van der Waals surface area (Å²) in [6.07, 6.45) is 24.9. The summed E-state index contributed by atoms with van der Waals surface area (Å²) in [5.41, 5.74) is 26.0. The van der Waals surface area contributed by atoms with E-state index in [4.69, 9.17) is 9.47 Å². The largest absolute Gasteiger partial charge is 0.422 e. The fourth-order valence-corrected chi connectivity index (χ4v) is 11.1. The zero-order valence-electron chi connectivity index (χ0n) is 35.1. The molecule has 0 spiro atoms. The Labute approximate surface area is 362 Å². The predicted molar refractivity (Wildman–Crippen MR) is 246 cm³/mol. The Kier molecular flexibility index (Phi) is 9.54. The quantitative estimate of drug-likeness (QED) is 0.0769. The monoisotopic (exact) mass is 806 g/mol. The molecule has 6 aliphatic heterocycles. The van der Waals surface area contributed by atoms with E-state index >= 15 is 0 Å². The van der Waals surface area contributed by atoms with Crippen molar-refractivity contribution in [3.63, 3.8) is 0 Å². The summed E-state index contributed by atoms with van der Waals surface area (Å²) < 4.78 is 12.7. The van der Waals surface area contributed by atoms with E-state index in [2.05, 4.69) is 67.2 Å². The molecular formula is C58H46O4. The molecule has 0 radical (unpaired) electrons. The molecule has 4 atom stereocenters. The average Bonchev–Trinajstić information content (AvgIpc) is 3.32. The van der Waals surface area contributed by atoms with Gasteiger partial charge in [0.05, 0.1) is 0 Å². The second-order valence-electron chi connectivity index (χ2n) is 17.8. The van der Waals surface area contributed by atoms with E-state index in [1.165, 1.54) is 36.0 Å². The van der Waals surface area contributed by atoms with Crippen LogP contribution in [0.25, 0.3) is 32.7 Å². The molecule has 0 fully saturated rings. The van der Waals surface area contributed by atoms with Crippen LogP contribution in [0.15, 0.2) is 200 Å². The van der Waals surface area contributed by atoms with Crippen LogP contribution in [-0.4, -0.2) is 11.9 Å². The van der Waals surface area contributed by atoms with Crippen LogP contribution in [0.4, 0.5) is 0 Å². The van der Waals surface area contributed by atoms with Gasteiger partial charge in [-0.05, 0) is 132 Å². The third-order valence-electron chi connectivity index (χ3n) is 14.2. The molecule has 4 nitrogen and oxygen atoms in total. The summed E-state index contributed by atoms with van der Waals surface area (Å²) in [6, 6.07) is 23.6. The number of esters is 2. The Morgan fingerprint density at radius 2 is 1.02 bits per heavy atom. The molecule has 302 valence electrons. The molecule has 0 aromatic heterocycles. The maximum atomic E-state index is 14.2. The van der Waals surface area contributed by atoms with Gasteiger partial charge < -0.3 is 9.47 Å². The maximum Gasteiger partial charge on any atom is 0.352 e. The second kappa shape index (κ2) is 15.5. The Bertz CT molecular complexity index is 3130. The molecule has 0 saturated heterocycles. The molecule has 4 aromatic rings. The van der Waals surface area contributed by atoms with Crippen LogP contribution in [0.5, 0.6) is 11.5 Å². The lowest BCUT2D eigenvalue weighted by Gasteiger charge is -2.44. The average molecular weight is 807 g/mol. The lowest BCUT2D eigenvalue weighted by Crippen LogP contribution is -2.32. The molecule has 16 rings (SSSR count). The predicted octanol–water partition coefficient (Wildman–Crippen LogP) is 13.5. The van der Waals surface area contributed by atoms with E-state index in [-0.39, 0.29) is 11.5 Å². The van der Waals surface area contributed by atoms with Crippen LogP contribution in [0, 0.1) is 23.7 Å². The number of carbonyl (C=O) groups is 2. The molecule has 4 aromatic carbocycles. The van der Waals surface area contributed by atoms with E-state index in [0.29, 0.717) is 58.3 Å². The Morgan fingerprint density at radius 3 is 1.60 bits per heavy atom. The minimum atomic E-state index is -0.563. The number of ether oxygens (including phenoxy) is 2. The topological polar surface area (TPSA) is 52.6 Å². The summed E-state index contributed by atoms with van der Waals surface area (Å²) in [6.45, 7) is 4.86. The van der Waals surface area contributed by atoms with Crippen molar-refractivity contribution in [2.45, 2.75) is 65.2 Å². The normalized spacial score (nSPS) is 24.2. The van der Waals surface area contributed by atoms with Gasteiger partial charge in [0, 0.05) is 45.3 Å². The molecule has 0 N–H and O–H groups in total. The molecule has 0 amide bonds. The van der Waals surface area contributed by atoms with Gasteiger partial charge in [0.25, 0.3) is 0 Å². The highest BCUT2D eigenvalue weighted by Crippen LogP contribution is 2.53. The van der Waals surface area contributed by atoms with Gasteiger partial charge in [0.1, 0.15) is 17.1 Å². The summed E-state index contributed by atoms with van der Waals surface area (Å²) in [4.78, 5) is 28.2. The molecule has 3 unspecified atom stereocenters. The zero-order valence-corrected chi connectivity index (χ0v) is 35.1. The van der Waals surface area contributed by atoms with E-state index in [0.717, 1.165) is 58.4 Å². The molecule has 6 aliphatic carbocycles. The second-order valence-corrected chi connectivity index (χ2v) is 17.8. The van der Waals surface area contributed by atoms with Crippen LogP contribution >= 0.6 is 0 Å². The number of hydrogen-bond donors (Lipinski definition) is 0. The number of hydrogen-bond acceptors (Lipinski definition) is 4. The molecule has 12 aliphatic rings.